The molecule has 0 fully saturated rings. The SMILES string of the molecule is CCCNC(=O)[C@H]1CN(CC(=O)NCc2ccc(F)cc2)c2ccccc2O1. The molecule has 2 aromatic carbocycles. The molecule has 6 nitrogen and oxygen atoms in total. The van der Waals surface area contributed by atoms with Gasteiger partial charge in [-0.25, -0.2) is 4.39 Å². The maximum absolute atomic E-state index is 13.0. The highest BCUT2D eigenvalue weighted by atomic mass is 19.1. The summed E-state index contributed by atoms with van der Waals surface area (Å²) in [6, 6.07) is 13.3. The molecule has 0 saturated carbocycles. The molecular weight excluding hydrogens is 361 g/mol. The summed E-state index contributed by atoms with van der Waals surface area (Å²) in [6.07, 6.45) is 0.163. The fourth-order valence-corrected chi connectivity index (χ4v) is 2.99. The maximum atomic E-state index is 13.0. The van der Waals surface area contributed by atoms with E-state index in [1.807, 2.05) is 30.0 Å². The molecule has 2 aromatic rings. The largest absolute Gasteiger partial charge is 0.477 e. The van der Waals surface area contributed by atoms with Crippen LogP contribution in [0.25, 0.3) is 0 Å². The molecule has 0 aromatic heterocycles. The summed E-state index contributed by atoms with van der Waals surface area (Å²) < 4.78 is 18.8. The average molecular weight is 385 g/mol. The van der Waals surface area contributed by atoms with Crippen LogP contribution in [0.3, 0.4) is 0 Å². The fraction of sp³-hybridized carbons (Fsp3) is 0.333. The number of halogens is 1. The third-order valence-corrected chi connectivity index (χ3v) is 4.44. The third-order valence-electron chi connectivity index (χ3n) is 4.44. The van der Waals surface area contributed by atoms with Gasteiger partial charge in [0.05, 0.1) is 18.8 Å². The van der Waals surface area contributed by atoms with Gasteiger partial charge in [0.15, 0.2) is 6.10 Å². The Morgan fingerprint density at radius 3 is 2.64 bits per heavy atom. The summed E-state index contributed by atoms with van der Waals surface area (Å²) in [7, 11) is 0. The first-order valence-electron chi connectivity index (χ1n) is 9.36. The molecule has 1 atom stereocenters. The van der Waals surface area contributed by atoms with Crippen LogP contribution in [0.5, 0.6) is 5.75 Å². The van der Waals surface area contributed by atoms with Crippen molar-refractivity contribution >= 4 is 17.5 Å². The molecule has 0 bridgehead atoms. The molecule has 7 heteroatoms. The Morgan fingerprint density at radius 1 is 1.14 bits per heavy atom. The first-order chi connectivity index (χ1) is 13.6. The number of carbonyl (C=O) groups excluding carboxylic acids is 2. The number of nitrogens with one attached hydrogen (secondary N) is 2. The molecule has 1 aliphatic heterocycles. The summed E-state index contributed by atoms with van der Waals surface area (Å²) in [5.41, 5.74) is 1.59. The van der Waals surface area contributed by atoms with Crippen molar-refractivity contribution in [3.8, 4) is 5.75 Å². The summed E-state index contributed by atoms with van der Waals surface area (Å²) in [5.74, 6) is -0.106. The van der Waals surface area contributed by atoms with Gasteiger partial charge in [-0.1, -0.05) is 31.2 Å². The standard InChI is InChI=1S/C21H24FN3O3/c1-2-11-23-21(27)19-13-25(17-5-3-4-6-18(17)28-19)14-20(26)24-12-15-7-9-16(22)10-8-15/h3-10,19H,2,11-14H2,1H3,(H,23,27)(H,24,26)/t19-/m1/s1. The molecule has 28 heavy (non-hydrogen) atoms. The van der Waals surface area contributed by atoms with Crippen LogP contribution in [0.15, 0.2) is 48.5 Å². The van der Waals surface area contributed by atoms with Gasteiger partial charge in [-0.15, -0.1) is 0 Å². The predicted molar refractivity (Wildman–Crippen MR) is 105 cm³/mol. The highest BCUT2D eigenvalue weighted by Crippen LogP contribution is 2.32. The van der Waals surface area contributed by atoms with Crippen LogP contribution in [-0.2, 0) is 16.1 Å². The van der Waals surface area contributed by atoms with Crippen LogP contribution in [-0.4, -0.2) is 37.6 Å². The van der Waals surface area contributed by atoms with Gasteiger partial charge < -0.3 is 20.3 Å². The Morgan fingerprint density at radius 2 is 1.89 bits per heavy atom. The molecule has 1 heterocycles. The van der Waals surface area contributed by atoms with E-state index in [1.54, 1.807) is 18.2 Å². The van der Waals surface area contributed by atoms with E-state index >= 15 is 0 Å². The Bertz CT molecular complexity index is 826. The number of hydrogen-bond donors (Lipinski definition) is 2. The Labute approximate surface area is 163 Å². The number of rotatable bonds is 7. The highest BCUT2D eigenvalue weighted by molar-refractivity contribution is 5.86. The number of fused-ring (bicyclic) bond motifs is 1. The van der Waals surface area contributed by atoms with Gasteiger partial charge in [-0.3, -0.25) is 9.59 Å². The minimum Gasteiger partial charge on any atom is -0.477 e. The Kier molecular flexibility index (Phi) is 6.47. The zero-order valence-corrected chi connectivity index (χ0v) is 15.8. The van der Waals surface area contributed by atoms with Crippen molar-refractivity contribution in [3.63, 3.8) is 0 Å². The summed E-state index contributed by atoms with van der Waals surface area (Å²) in [5, 5.41) is 5.67. The van der Waals surface area contributed by atoms with E-state index in [0.29, 0.717) is 18.8 Å². The van der Waals surface area contributed by atoms with Crippen molar-refractivity contribution in [1.82, 2.24) is 10.6 Å². The van der Waals surface area contributed by atoms with Gasteiger partial charge >= 0.3 is 0 Å². The van der Waals surface area contributed by atoms with Gasteiger partial charge in [0.1, 0.15) is 11.6 Å². The molecule has 2 N–H and O–H groups in total. The van der Waals surface area contributed by atoms with Crippen molar-refractivity contribution in [2.24, 2.45) is 0 Å². The second-order valence-electron chi connectivity index (χ2n) is 6.65. The van der Waals surface area contributed by atoms with Gasteiger partial charge in [-0.2, -0.15) is 0 Å². The maximum Gasteiger partial charge on any atom is 0.262 e. The quantitative estimate of drug-likeness (QED) is 0.767. The summed E-state index contributed by atoms with van der Waals surface area (Å²) in [4.78, 5) is 26.6. The fourth-order valence-electron chi connectivity index (χ4n) is 2.99. The summed E-state index contributed by atoms with van der Waals surface area (Å²) >= 11 is 0. The second-order valence-corrected chi connectivity index (χ2v) is 6.65. The normalized spacial score (nSPS) is 15.4. The lowest BCUT2D eigenvalue weighted by Crippen LogP contribution is -2.51. The molecule has 1 aliphatic rings. The number of benzene rings is 2. The molecular formula is C21H24FN3O3. The lowest BCUT2D eigenvalue weighted by atomic mass is 10.1. The second kappa shape index (κ2) is 9.21. The average Bonchev–Trinajstić information content (AvgIpc) is 2.71. The van der Waals surface area contributed by atoms with Gasteiger partial charge in [-0.05, 0) is 36.2 Å². The molecule has 0 spiro atoms. The van der Waals surface area contributed by atoms with Crippen LogP contribution in [0.1, 0.15) is 18.9 Å². The molecule has 148 valence electrons. The Balaban J connectivity index is 1.64. The van der Waals surface area contributed by atoms with Crippen LogP contribution in [0.4, 0.5) is 10.1 Å². The van der Waals surface area contributed by atoms with Crippen LogP contribution in [0, 0.1) is 5.82 Å². The van der Waals surface area contributed by atoms with E-state index < -0.39 is 6.10 Å². The van der Waals surface area contributed by atoms with E-state index in [9.17, 15) is 14.0 Å². The van der Waals surface area contributed by atoms with Gasteiger partial charge in [0.2, 0.25) is 5.91 Å². The molecule has 0 radical (unpaired) electrons. The van der Waals surface area contributed by atoms with Crippen LogP contribution in [0.2, 0.25) is 0 Å². The monoisotopic (exact) mass is 385 g/mol. The van der Waals surface area contributed by atoms with Crippen molar-refractivity contribution < 1.29 is 18.7 Å². The summed E-state index contributed by atoms with van der Waals surface area (Å²) in [6.45, 7) is 3.26. The first kappa shape index (κ1) is 19.7. The molecule has 2 amide bonds. The van der Waals surface area contributed by atoms with Crippen molar-refractivity contribution in [2.45, 2.75) is 26.0 Å². The van der Waals surface area contributed by atoms with E-state index in [4.69, 9.17) is 4.74 Å². The van der Waals surface area contributed by atoms with Gasteiger partial charge in [0.25, 0.3) is 5.91 Å². The minimum atomic E-state index is -0.675. The number of carbonyl (C=O) groups is 2. The van der Waals surface area contributed by atoms with Gasteiger partial charge in [0, 0.05) is 13.1 Å². The molecule has 0 aliphatic carbocycles. The third kappa shape index (κ3) is 5.00. The van der Waals surface area contributed by atoms with E-state index in [0.717, 1.165) is 17.7 Å². The van der Waals surface area contributed by atoms with Crippen molar-refractivity contribution in [2.75, 3.05) is 24.5 Å². The first-order valence-corrected chi connectivity index (χ1v) is 9.36. The number of ether oxygens (including phenoxy) is 1. The van der Waals surface area contributed by atoms with Crippen molar-refractivity contribution in [1.29, 1.82) is 0 Å². The lowest BCUT2D eigenvalue weighted by Gasteiger charge is -2.35. The van der Waals surface area contributed by atoms with E-state index in [-0.39, 0.29) is 30.7 Å². The predicted octanol–water partition coefficient (Wildman–Crippen LogP) is 2.24. The van der Waals surface area contributed by atoms with Crippen LogP contribution < -0.4 is 20.3 Å². The van der Waals surface area contributed by atoms with E-state index in [2.05, 4.69) is 10.6 Å². The molecule has 0 unspecified atom stereocenters. The molecule has 0 saturated heterocycles. The zero-order valence-electron chi connectivity index (χ0n) is 15.8. The topological polar surface area (TPSA) is 70.7 Å². The van der Waals surface area contributed by atoms with Crippen LogP contribution >= 0.6 is 0 Å². The smallest absolute Gasteiger partial charge is 0.262 e. The Hall–Kier alpha value is -3.09. The highest BCUT2D eigenvalue weighted by Gasteiger charge is 2.31. The zero-order chi connectivity index (χ0) is 19.9. The van der Waals surface area contributed by atoms with E-state index in [1.165, 1.54) is 12.1 Å². The number of amides is 2. The lowest BCUT2D eigenvalue weighted by molar-refractivity contribution is -0.128. The number of anilines is 1. The minimum absolute atomic E-state index is 0.0964. The van der Waals surface area contributed by atoms with Crippen molar-refractivity contribution in [3.05, 3.63) is 59.9 Å². The molecule has 3 rings (SSSR count). The number of hydrogen-bond acceptors (Lipinski definition) is 4. The number of para-hydroxylation sites is 2. The number of nitrogens with zero attached hydrogens (tertiary/aromatic N) is 1.